The summed E-state index contributed by atoms with van der Waals surface area (Å²) in [5, 5.41) is 3.63. The molecule has 1 aliphatic heterocycles. The Morgan fingerprint density at radius 3 is 2.90 bits per heavy atom. The van der Waals surface area contributed by atoms with Gasteiger partial charge in [-0.3, -0.25) is 4.98 Å². The zero-order valence-electron chi connectivity index (χ0n) is 13.4. The van der Waals surface area contributed by atoms with Gasteiger partial charge < -0.3 is 9.88 Å². The Labute approximate surface area is 127 Å². The van der Waals surface area contributed by atoms with Crippen molar-refractivity contribution in [3.8, 4) is 0 Å². The molecule has 3 rings (SSSR count). The molecule has 114 valence electrons. The number of piperidine rings is 1. The van der Waals surface area contributed by atoms with Gasteiger partial charge in [-0.2, -0.15) is 0 Å². The Kier molecular flexibility index (Phi) is 3.98. The number of nitrogens with zero attached hydrogens (tertiary/aromatic N) is 3. The molecule has 3 heterocycles. The molecule has 21 heavy (non-hydrogen) atoms. The summed E-state index contributed by atoms with van der Waals surface area (Å²) in [6.07, 6.45) is 9.92. The van der Waals surface area contributed by atoms with E-state index in [0.29, 0.717) is 6.04 Å². The molecule has 1 aliphatic rings. The van der Waals surface area contributed by atoms with Gasteiger partial charge in [0, 0.05) is 24.2 Å². The zero-order valence-corrected chi connectivity index (χ0v) is 13.4. The zero-order chi connectivity index (χ0) is 14.9. The standard InChI is InChI=1S/C17H26N4/c1-17(2,3)21-15-9-11-18-12-14(15)20-16(21)8-7-13-6-4-5-10-19-13/h9,11-13,19H,4-8,10H2,1-3H3. The lowest BCUT2D eigenvalue weighted by Gasteiger charge is -2.26. The van der Waals surface area contributed by atoms with Gasteiger partial charge in [-0.15, -0.1) is 0 Å². The minimum atomic E-state index is 0.0471. The predicted molar refractivity (Wildman–Crippen MR) is 86.5 cm³/mol. The van der Waals surface area contributed by atoms with Gasteiger partial charge in [0.05, 0.1) is 11.7 Å². The van der Waals surface area contributed by atoms with E-state index in [1.807, 2.05) is 12.4 Å². The maximum atomic E-state index is 4.84. The summed E-state index contributed by atoms with van der Waals surface area (Å²) in [5.41, 5.74) is 2.26. The number of aromatic nitrogens is 3. The van der Waals surface area contributed by atoms with E-state index in [-0.39, 0.29) is 5.54 Å². The van der Waals surface area contributed by atoms with E-state index in [0.717, 1.165) is 11.9 Å². The van der Waals surface area contributed by atoms with Crippen LogP contribution in [0.3, 0.4) is 0 Å². The molecular weight excluding hydrogens is 260 g/mol. The second-order valence-corrected chi connectivity index (χ2v) is 7.08. The highest BCUT2D eigenvalue weighted by molar-refractivity contribution is 5.75. The van der Waals surface area contributed by atoms with Crippen LogP contribution in [-0.4, -0.2) is 27.1 Å². The highest BCUT2D eigenvalue weighted by Gasteiger charge is 2.22. The average Bonchev–Trinajstić information content (AvgIpc) is 2.84. The first-order valence-electron chi connectivity index (χ1n) is 8.11. The largest absolute Gasteiger partial charge is 0.323 e. The third kappa shape index (κ3) is 3.10. The topological polar surface area (TPSA) is 42.7 Å². The number of fused-ring (bicyclic) bond motifs is 1. The summed E-state index contributed by atoms with van der Waals surface area (Å²) < 4.78 is 2.38. The quantitative estimate of drug-likeness (QED) is 0.941. The highest BCUT2D eigenvalue weighted by atomic mass is 15.1. The van der Waals surface area contributed by atoms with E-state index in [1.54, 1.807) is 0 Å². The first kappa shape index (κ1) is 14.5. The molecule has 4 nitrogen and oxygen atoms in total. The van der Waals surface area contributed by atoms with E-state index in [1.165, 1.54) is 43.6 Å². The lowest BCUT2D eigenvalue weighted by molar-refractivity contribution is 0.363. The Morgan fingerprint density at radius 2 is 2.19 bits per heavy atom. The van der Waals surface area contributed by atoms with Crippen LogP contribution in [0.4, 0.5) is 0 Å². The van der Waals surface area contributed by atoms with Crippen LogP contribution in [0.5, 0.6) is 0 Å². The first-order chi connectivity index (χ1) is 10.1. The van der Waals surface area contributed by atoms with Gasteiger partial charge in [-0.1, -0.05) is 6.42 Å². The summed E-state index contributed by atoms with van der Waals surface area (Å²) in [4.78, 5) is 9.05. The van der Waals surface area contributed by atoms with E-state index >= 15 is 0 Å². The maximum Gasteiger partial charge on any atom is 0.110 e. The molecule has 2 aromatic rings. The van der Waals surface area contributed by atoms with Crippen LogP contribution in [0.25, 0.3) is 11.0 Å². The number of hydrogen-bond donors (Lipinski definition) is 1. The minimum Gasteiger partial charge on any atom is -0.323 e. The van der Waals surface area contributed by atoms with Crippen LogP contribution in [-0.2, 0) is 12.0 Å². The molecule has 0 saturated carbocycles. The second kappa shape index (κ2) is 5.76. The molecule has 1 unspecified atom stereocenters. The fraction of sp³-hybridized carbons (Fsp3) is 0.647. The van der Waals surface area contributed by atoms with Gasteiger partial charge in [0.1, 0.15) is 11.3 Å². The highest BCUT2D eigenvalue weighted by Crippen LogP contribution is 2.26. The van der Waals surface area contributed by atoms with Gasteiger partial charge in [0.15, 0.2) is 0 Å². The lowest BCUT2D eigenvalue weighted by Crippen LogP contribution is -2.34. The van der Waals surface area contributed by atoms with Crippen molar-refractivity contribution in [1.29, 1.82) is 0 Å². The van der Waals surface area contributed by atoms with Gasteiger partial charge in [-0.05, 0) is 52.6 Å². The van der Waals surface area contributed by atoms with Crippen molar-refractivity contribution in [2.45, 2.75) is 64.5 Å². The molecule has 0 radical (unpaired) electrons. The van der Waals surface area contributed by atoms with Crippen LogP contribution in [0.15, 0.2) is 18.5 Å². The normalized spacial score (nSPS) is 20.0. The number of rotatable bonds is 3. The molecule has 1 atom stereocenters. The van der Waals surface area contributed by atoms with E-state index < -0.39 is 0 Å². The van der Waals surface area contributed by atoms with Gasteiger partial charge in [0.2, 0.25) is 0 Å². The Balaban J connectivity index is 1.86. The summed E-state index contributed by atoms with van der Waals surface area (Å²) in [5.74, 6) is 1.19. The first-order valence-corrected chi connectivity index (χ1v) is 8.11. The van der Waals surface area contributed by atoms with Crippen molar-refractivity contribution in [1.82, 2.24) is 19.9 Å². The van der Waals surface area contributed by atoms with Crippen LogP contribution in [0.2, 0.25) is 0 Å². The summed E-state index contributed by atoms with van der Waals surface area (Å²) >= 11 is 0. The third-order valence-corrected chi connectivity index (χ3v) is 4.33. The molecule has 0 amide bonds. The van der Waals surface area contributed by atoms with Gasteiger partial charge in [-0.25, -0.2) is 4.98 Å². The number of imidazole rings is 1. The molecular formula is C17H26N4. The molecule has 0 spiro atoms. The van der Waals surface area contributed by atoms with Crippen molar-refractivity contribution in [3.05, 3.63) is 24.3 Å². The lowest BCUT2D eigenvalue weighted by atomic mass is 10.00. The van der Waals surface area contributed by atoms with Crippen molar-refractivity contribution in [2.24, 2.45) is 0 Å². The molecule has 1 N–H and O–H groups in total. The van der Waals surface area contributed by atoms with Crippen molar-refractivity contribution in [2.75, 3.05) is 6.54 Å². The maximum absolute atomic E-state index is 4.84. The van der Waals surface area contributed by atoms with Crippen LogP contribution in [0.1, 0.15) is 52.3 Å². The molecule has 1 saturated heterocycles. The smallest absolute Gasteiger partial charge is 0.110 e. The fourth-order valence-electron chi connectivity index (χ4n) is 3.37. The summed E-state index contributed by atoms with van der Waals surface area (Å²) in [6.45, 7) is 7.91. The molecule has 0 aliphatic carbocycles. The third-order valence-electron chi connectivity index (χ3n) is 4.33. The number of hydrogen-bond acceptors (Lipinski definition) is 3. The molecule has 0 aromatic carbocycles. The summed E-state index contributed by atoms with van der Waals surface area (Å²) in [7, 11) is 0. The average molecular weight is 286 g/mol. The van der Waals surface area contributed by atoms with Crippen molar-refractivity contribution < 1.29 is 0 Å². The monoisotopic (exact) mass is 286 g/mol. The predicted octanol–water partition coefficient (Wildman–Crippen LogP) is 3.26. The van der Waals surface area contributed by atoms with Crippen LogP contribution < -0.4 is 5.32 Å². The molecule has 2 aromatic heterocycles. The second-order valence-electron chi connectivity index (χ2n) is 7.08. The van der Waals surface area contributed by atoms with Gasteiger partial charge >= 0.3 is 0 Å². The number of nitrogens with one attached hydrogen (secondary N) is 1. The van der Waals surface area contributed by atoms with Crippen molar-refractivity contribution >= 4 is 11.0 Å². The van der Waals surface area contributed by atoms with E-state index in [4.69, 9.17) is 4.98 Å². The van der Waals surface area contributed by atoms with E-state index in [2.05, 4.69) is 41.7 Å². The number of pyridine rings is 1. The molecule has 0 bridgehead atoms. The molecule has 4 heteroatoms. The van der Waals surface area contributed by atoms with Gasteiger partial charge in [0.25, 0.3) is 0 Å². The van der Waals surface area contributed by atoms with E-state index in [9.17, 15) is 0 Å². The number of aryl methyl sites for hydroxylation is 1. The van der Waals surface area contributed by atoms with Crippen LogP contribution in [0, 0.1) is 0 Å². The summed E-state index contributed by atoms with van der Waals surface area (Å²) in [6, 6.07) is 2.74. The Morgan fingerprint density at radius 1 is 1.33 bits per heavy atom. The molecule has 1 fully saturated rings. The van der Waals surface area contributed by atoms with Crippen LogP contribution >= 0.6 is 0 Å². The minimum absolute atomic E-state index is 0.0471. The SMILES string of the molecule is CC(C)(C)n1c(CCC2CCCCN2)nc2cnccc21. The fourth-order valence-corrected chi connectivity index (χ4v) is 3.37. The van der Waals surface area contributed by atoms with Crippen molar-refractivity contribution in [3.63, 3.8) is 0 Å². The Bertz CT molecular complexity index is 603. The Hall–Kier alpha value is -1.42.